The highest BCUT2D eigenvalue weighted by Crippen LogP contribution is 2.10. The van der Waals surface area contributed by atoms with Crippen molar-refractivity contribution in [2.45, 2.75) is 13.3 Å². The third-order valence-corrected chi connectivity index (χ3v) is 2.24. The van der Waals surface area contributed by atoms with E-state index in [1.54, 1.807) is 12.1 Å². The zero-order valence-corrected chi connectivity index (χ0v) is 8.37. The van der Waals surface area contributed by atoms with Crippen molar-refractivity contribution in [3.8, 4) is 0 Å². The molecule has 3 heteroatoms. The van der Waals surface area contributed by atoms with Gasteiger partial charge in [0.1, 0.15) is 12.1 Å². The van der Waals surface area contributed by atoms with Gasteiger partial charge in [-0.3, -0.25) is 0 Å². The average molecular weight is 201 g/mol. The summed E-state index contributed by atoms with van der Waals surface area (Å²) in [5.41, 5.74) is 2.89. The van der Waals surface area contributed by atoms with E-state index in [1.807, 2.05) is 6.92 Å². The van der Waals surface area contributed by atoms with E-state index in [2.05, 4.69) is 16.2 Å². The fourth-order valence-corrected chi connectivity index (χ4v) is 1.35. The summed E-state index contributed by atoms with van der Waals surface area (Å²) in [7, 11) is 0. The Kier molecular flexibility index (Phi) is 2.72. The third kappa shape index (κ3) is 2.37. The molecule has 2 nitrogen and oxygen atoms in total. The van der Waals surface area contributed by atoms with Crippen LogP contribution >= 0.6 is 0 Å². The van der Waals surface area contributed by atoms with Crippen molar-refractivity contribution >= 4 is 0 Å². The molecule has 2 aromatic rings. The van der Waals surface area contributed by atoms with Gasteiger partial charge in [0.15, 0.2) is 0 Å². The number of benzene rings is 1. The number of halogens is 1. The second kappa shape index (κ2) is 4.17. The predicted molar refractivity (Wildman–Crippen MR) is 54.8 cm³/mol. The van der Waals surface area contributed by atoms with Gasteiger partial charge in [-0.1, -0.05) is 12.1 Å². The molecule has 1 aromatic heterocycles. The maximum Gasteiger partial charge on any atom is 0.123 e. The van der Waals surface area contributed by atoms with Crippen LogP contribution in [-0.2, 0) is 6.42 Å². The molecule has 0 amide bonds. The first-order valence-corrected chi connectivity index (χ1v) is 4.68. The number of aryl methyl sites for hydroxylation is 1. The first-order chi connectivity index (χ1) is 7.25. The van der Waals surface area contributed by atoms with Crippen LogP contribution in [0.4, 0.5) is 4.39 Å². The van der Waals surface area contributed by atoms with Gasteiger partial charge >= 0.3 is 0 Å². The molecule has 0 fully saturated rings. The molecule has 0 bridgehead atoms. The molecule has 0 spiro atoms. The Morgan fingerprint density at radius 3 is 2.67 bits per heavy atom. The molecule has 0 aliphatic carbocycles. The summed E-state index contributed by atoms with van der Waals surface area (Å²) >= 11 is 0. The summed E-state index contributed by atoms with van der Waals surface area (Å²) < 4.78 is 12.7. The molecule has 2 rings (SSSR count). The van der Waals surface area contributed by atoms with E-state index < -0.39 is 0 Å². The van der Waals surface area contributed by atoms with E-state index in [0.29, 0.717) is 6.42 Å². The van der Waals surface area contributed by atoms with Crippen LogP contribution in [0.3, 0.4) is 0 Å². The molecule has 0 saturated heterocycles. The molecular formula is C12H10FN2. The molecule has 1 heterocycles. The summed E-state index contributed by atoms with van der Waals surface area (Å²) in [6.45, 7) is 1.91. The highest BCUT2D eigenvalue weighted by atomic mass is 19.1. The molecule has 0 unspecified atom stereocenters. The first-order valence-electron chi connectivity index (χ1n) is 4.68. The van der Waals surface area contributed by atoms with Gasteiger partial charge in [0, 0.05) is 17.7 Å². The van der Waals surface area contributed by atoms with Gasteiger partial charge in [0.2, 0.25) is 0 Å². The largest absolute Gasteiger partial charge is 0.241 e. The fraction of sp³-hybridized carbons (Fsp3) is 0.167. The lowest BCUT2D eigenvalue weighted by molar-refractivity contribution is 0.627. The number of rotatable bonds is 2. The minimum atomic E-state index is -0.219. The van der Waals surface area contributed by atoms with Crippen LogP contribution in [0.1, 0.15) is 16.8 Å². The van der Waals surface area contributed by atoms with Gasteiger partial charge in [-0.2, -0.15) is 0 Å². The lowest BCUT2D eigenvalue weighted by Crippen LogP contribution is -1.96. The Hall–Kier alpha value is -1.77. The standard InChI is InChI=1S/C12H10FN2/c1-9-11(7-14-8-15-9)6-10-2-4-12(13)5-3-10/h2-5,8H,6H2,1H3. The Morgan fingerprint density at radius 2 is 2.00 bits per heavy atom. The van der Waals surface area contributed by atoms with Crippen LogP contribution in [-0.4, -0.2) is 9.97 Å². The van der Waals surface area contributed by atoms with Crippen LogP contribution in [0, 0.1) is 18.9 Å². The summed E-state index contributed by atoms with van der Waals surface area (Å²) in [5, 5.41) is 0. The van der Waals surface area contributed by atoms with Gasteiger partial charge in [-0.15, -0.1) is 0 Å². The normalized spacial score (nSPS) is 10.3. The van der Waals surface area contributed by atoms with Crippen LogP contribution in [0.15, 0.2) is 30.6 Å². The maximum absolute atomic E-state index is 12.7. The second-order valence-electron chi connectivity index (χ2n) is 3.35. The lowest BCUT2D eigenvalue weighted by atomic mass is 10.1. The number of hydrogen-bond donors (Lipinski definition) is 0. The molecule has 1 radical (unpaired) electrons. The van der Waals surface area contributed by atoms with Gasteiger partial charge in [0.05, 0.1) is 6.20 Å². The third-order valence-electron chi connectivity index (χ3n) is 2.24. The lowest BCUT2D eigenvalue weighted by Gasteiger charge is -2.03. The SMILES string of the molecule is Cc1ncn[c]c1Cc1ccc(F)cc1. The number of aromatic nitrogens is 2. The van der Waals surface area contributed by atoms with E-state index in [1.165, 1.54) is 18.5 Å². The summed E-state index contributed by atoms with van der Waals surface area (Å²) in [5.74, 6) is -0.219. The van der Waals surface area contributed by atoms with Crippen molar-refractivity contribution in [1.82, 2.24) is 9.97 Å². The van der Waals surface area contributed by atoms with Crippen molar-refractivity contribution in [1.29, 1.82) is 0 Å². The molecular weight excluding hydrogens is 191 g/mol. The molecule has 0 saturated carbocycles. The topological polar surface area (TPSA) is 25.8 Å². The van der Waals surface area contributed by atoms with E-state index in [9.17, 15) is 4.39 Å². The predicted octanol–water partition coefficient (Wildman–Crippen LogP) is 2.32. The van der Waals surface area contributed by atoms with Crippen molar-refractivity contribution in [2.24, 2.45) is 0 Å². The summed E-state index contributed by atoms with van der Waals surface area (Å²) in [6.07, 6.45) is 5.06. The Labute approximate surface area is 87.8 Å². The Bertz CT molecular complexity index is 451. The molecule has 0 atom stereocenters. The Balaban J connectivity index is 2.22. The van der Waals surface area contributed by atoms with Gasteiger partial charge < -0.3 is 0 Å². The first kappa shape index (κ1) is 9.77. The van der Waals surface area contributed by atoms with Crippen LogP contribution in [0.5, 0.6) is 0 Å². The van der Waals surface area contributed by atoms with Gasteiger partial charge in [-0.25, -0.2) is 14.4 Å². The average Bonchev–Trinajstić information content (AvgIpc) is 2.25. The number of nitrogens with zero attached hydrogens (tertiary/aromatic N) is 2. The summed E-state index contributed by atoms with van der Waals surface area (Å²) in [6, 6.07) is 6.42. The molecule has 75 valence electrons. The Morgan fingerprint density at radius 1 is 1.27 bits per heavy atom. The van der Waals surface area contributed by atoms with Crippen molar-refractivity contribution in [2.75, 3.05) is 0 Å². The minimum Gasteiger partial charge on any atom is -0.241 e. The molecule has 0 aliphatic rings. The van der Waals surface area contributed by atoms with Gasteiger partial charge in [0.25, 0.3) is 0 Å². The maximum atomic E-state index is 12.7. The van der Waals surface area contributed by atoms with E-state index >= 15 is 0 Å². The van der Waals surface area contributed by atoms with E-state index in [0.717, 1.165) is 16.8 Å². The van der Waals surface area contributed by atoms with Gasteiger partial charge in [-0.05, 0) is 24.6 Å². The van der Waals surface area contributed by atoms with Crippen molar-refractivity contribution in [3.05, 3.63) is 59.4 Å². The monoisotopic (exact) mass is 201 g/mol. The van der Waals surface area contributed by atoms with Crippen LogP contribution in [0.25, 0.3) is 0 Å². The van der Waals surface area contributed by atoms with Crippen LogP contribution < -0.4 is 0 Å². The van der Waals surface area contributed by atoms with Crippen LogP contribution in [0.2, 0.25) is 0 Å². The second-order valence-corrected chi connectivity index (χ2v) is 3.35. The zero-order valence-electron chi connectivity index (χ0n) is 8.37. The zero-order chi connectivity index (χ0) is 10.7. The van der Waals surface area contributed by atoms with Crippen molar-refractivity contribution in [3.63, 3.8) is 0 Å². The molecule has 0 N–H and O–H groups in total. The summed E-state index contributed by atoms with van der Waals surface area (Å²) in [4.78, 5) is 7.93. The minimum absolute atomic E-state index is 0.219. The fourth-order valence-electron chi connectivity index (χ4n) is 1.35. The molecule has 1 aromatic carbocycles. The molecule has 0 aliphatic heterocycles. The molecule has 15 heavy (non-hydrogen) atoms. The van der Waals surface area contributed by atoms with Crippen molar-refractivity contribution < 1.29 is 4.39 Å². The highest BCUT2D eigenvalue weighted by molar-refractivity contribution is 5.25. The smallest absolute Gasteiger partial charge is 0.123 e. The quantitative estimate of drug-likeness (QED) is 0.745. The van der Waals surface area contributed by atoms with E-state index in [4.69, 9.17) is 0 Å². The number of hydrogen-bond acceptors (Lipinski definition) is 2. The highest BCUT2D eigenvalue weighted by Gasteiger charge is 2.01. The van der Waals surface area contributed by atoms with E-state index in [-0.39, 0.29) is 5.82 Å².